The molecule has 0 aliphatic heterocycles. The van der Waals surface area contributed by atoms with E-state index in [2.05, 4.69) is 20.0 Å². The van der Waals surface area contributed by atoms with Crippen LogP contribution >= 0.6 is 0 Å². The number of anilines is 1. The lowest BCUT2D eigenvalue weighted by atomic mass is 10.0. The fourth-order valence-corrected chi connectivity index (χ4v) is 1.16. The van der Waals surface area contributed by atoms with E-state index in [1.54, 1.807) is 0 Å². The highest BCUT2D eigenvalue weighted by Crippen LogP contribution is 2.12. The first-order valence-corrected chi connectivity index (χ1v) is 5.13. The van der Waals surface area contributed by atoms with Gasteiger partial charge in [-0.1, -0.05) is 0 Å². The second-order valence-corrected chi connectivity index (χ2v) is 3.64. The van der Waals surface area contributed by atoms with Crippen LogP contribution in [0.3, 0.4) is 0 Å². The van der Waals surface area contributed by atoms with E-state index in [0.29, 0.717) is 0 Å². The lowest BCUT2D eigenvalue weighted by Gasteiger charge is -2.29. The van der Waals surface area contributed by atoms with Gasteiger partial charge in [-0.3, -0.25) is 0 Å². The van der Waals surface area contributed by atoms with E-state index in [1.807, 2.05) is 0 Å². The molecule has 0 fully saturated rings. The van der Waals surface area contributed by atoms with E-state index >= 15 is 0 Å². The predicted octanol–water partition coefficient (Wildman–Crippen LogP) is -1.61. The second-order valence-electron chi connectivity index (χ2n) is 3.64. The topological polar surface area (TPSA) is 125 Å². The molecule has 0 atom stereocenters. The molecular weight excluding hydrogens is 242 g/mol. The van der Waals surface area contributed by atoms with Crippen LogP contribution in [0.1, 0.15) is 10.6 Å². The maximum atomic E-state index is 11.2. The molecule has 1 aromatic rings. The largest absolute Gasteiger partial charge is 0.463 e. The van der Waals surface area contributed by atoms with Crippen molar-refractivity contribution in [1.29, 1.82) is 0 Å². The van der Waals surface area contributed by atoms with Crippen molar-refractivity contribution in [3.63, 3.8) is 0 Å². The van der Waals surface area contributed by atoms with Gasteiger partial charge in [0.15, 0.2) is 0 Å². The van der Waals surface area contributed by atoms with Crippen LogP contribution in [0.4, 0.5) is 5.82 Å². The first-order chi connectivity index (χ1) is 8.60. The number of hydrogen-bond donors (Lipinski definition) is 4. The number of carbonyl (C=O) groups is 1. The SMILES string of the molecule is COC(=O)c1nccc(NC(CO)(CO)CO)n1. The van der Waals surface area contributed by atoms with Gasteiger partial charge in [0.25, 0.3) is 0 Å². The molecule has 1 heterocycles. The molecule has 0 aliphatic carbocycles. The minimum atomic E-state index is -1.32. The molecule has 8 nitrogen and oxygen atoms in total. The van der Waals surface area contributed by atoms with E-state index in [9.17, 15) is 4.79 Å². The third kappa shape index (κ3) is 3.13. The van der Waals surface area contributed by atoms with Crippen molar-refractivity contribution in [2.24, 2.45) is 0 Å². The molecule has 18 heavy (non-hydrogen) atoms. The van der Waals surface area contributed by atoms with Gasteiger partial charge in [0.2, 0.25) is 5.82 Å². The molecule has 1 rings (SSSR count). The average molecular weight is 257 g/mol. The Balaban J connectivity index is 2.93. The Labute approximate surface area is 103 Å². The van der Waals surface area contributed by atoms with E-state index in [4.69, 9.17) is 15.3 Å². The van der Waals surface area contributed by atoms with Crippen LogP contribution in [-0.4, -0.2) is 63.7 Å². The minimum Gasteiger partial charge on any atom is -0.463 e. The quantitative estimate of drug-likeness (QED) is 0.449. The molecule has 0 aromatic carbocycles. The molecule has 100 valence electrons. The van der Waals surface area contributed by atoms with Gasteiger partial charge in [-0.05, 0) is 6.07 Å². The summed E-state index contributed by atoms with van der Waals surface area (Å²) < 4.78 is 4.46. The van der Waals surface area contributed by atoms with Crippen LogP contribution in [0.25, 0.3) is 0 Å². The second kappa shape index (κ2) is 6.24. The zero-order chi connectivity index (χ0) is 13.6. The predicted molar refractivity (Wildman–Crippen MR) is 61.0 cm³/mol. The smallest absolute Gasteiger partial charge is 0.376 e. The zero-order valence-corrected chi connectivity index (χ0v) is 9.83. The normalized spacial score (nSPS) is 11.1. The Morgan fingerprint density at radius 1 is 1.39 bits per heavy atom. The van der Waals surface area contributed by atoms with Crippen molar-refractivity contribution in [2.75, 3.05) is 32.2 Å². The maximum Gasteiger partial charge on any atom is 0.376 e. The van der Waals surface area contributed by atoms with Crippen molar-refractivity contribution in [2.45, 2.75) is 5.54 Å². The molecule has 4 N–H and O–H groups in total. The maximum absolute atomic E-state index is 11.2. The lowest BCUT2D eigenvalue weighted by molar-refractivity contribution is 0.0586. The molecule has 8 heteroatoms. The molecule has 0 saturated heterocycles. The van der Waals surface area contributed by atoms with E-state index < -0.39 is 31.3 Å². The van der Waals surface area contributed by atoms with Crippen LogP contribution in [0, 0.1) is 0 Å². The van der Waals surface area contributed by atoms with Crippen molar-refractivity contribution >= 4 is 11.8 Å². The molecule has 0 radical (unpaired) electrons. The summed E-state index contributed by atoms with van der Waals surface area (Å²) in [6.07, 6.45) is 1.32. The monoisotopic (exact) mass is 257 g/mol. The van der Waals surface area contributed by atoms with E-state index in [1.165, 1.54) is 19.4 Å². The summed E-state index contributed by atoms with van der Waals surface area (Å²) in [4.78, 5) is 18.8. The molecule has 0 bridgehead atoms. The standard InChI is InChI=1S/C10H15N3O5/c1-18-9(17)8-11-3-2-7(12-8)13-10(4-14,5-15)6-16/h2-3,14-16H,4-6H2,1H3,(H,11,12,13). The fraction of sp³-hybridized carbons (Fsp3) is 0.500. The van der Waals surface area contributed by atoms with Crippen LogP contribution in [0.2, 0.25) is 0 Å². The van der Waals surface area contributed by atoms with Gasteiger partial charge in [0.05, 0.1) is 26.9 Å². The number of nitrogens with one attached hydrogen (secondary N) is 1. The number of nitrogens with zero attached hydrogens (tertiary/aromatic N) is 2. The van der Waals surface area contributed by atoms with Crippen LogP contribution in [0.5, 0.6) is 0 Å². The van der Waals surface area contributed by atoms with Gasteiger partial charge in [-0.25, -0.2) is 14.8 Å². The fourth-order valence-electron chi connectivity index (χ4n) is 1.16. The van der Waals surface area contributed by atoms with Gasteiger partial charge in [-0.2, -0.15) is 0 Å². The number of esters is 1. The van der Waals surface area contributed by atoms with Crippen molar-refractivity contribution in [3.05, 3.63) is 18.1 Å². The number of methoxy groups -OCH3 is 1. The Kier molecular flexibility index (Phi) is 4.95. The molecule has 0 unspecified atom stereocenters. The van der Waals surface area contributed by atoms with Crippen molar-refractivity contribution in [3.8, 4) is 0 Å². The first kappa shape index (κ1) is 14.3. The number of ether oxygens (including phenoxy) is 1. The minimum absolute atomic E-state index is 0.162. The molecule has 0 amide bonds. The number of carbonyl (C=O) groups excluding carboxylic acids is 1. The zero-order valence-electron chi connectivity index (χ0n) is 9.83. The Morgan fingerprint density at radius 3 is 2.50 bits per heavy atom. The van der Waals surface area contributed by atoms with Crippen molar-refractivity contribution < 1.29 is 24.9 Å². The van der Waals surface area contributed by atoms with Crippen LogP contribution < -0.4 is 5.32 Å². The highest BCUT2D eigenvalue weighted by atomic mass is 16.5. The first-order valence-electron chi connectivity index (χ1n) is 5.13. The lowest BCUT2D eigenvalue weighted by Crippen LogP contribution is -2.49. The number of rotatable bonds is 6. The van der Waals surface area contributed by atoms with Gasteiger partial charge in [0, 0.05) is 6.20 Å². The Hall–Kier alpha value is -1.77. The summed E-state index contributed by atoms with van der Waals surface area (Å²) in [5, 5.41) is 30.1. The van der Waals surface area contributed by atoms with Crippen LogP contribution in [-0.2, 0) is 4.74 Å². The summed E-state index contributed by atoms with van der Waals surface area (Å²) in [6.45, 7) is -1.51. The molecule has 0 spiro atoms. The Bertz CT molecular complexity index is 400. The number of hydrogen-bond acceptors (Lipinski definition) is 8. The number of aromatic nitrogens is 2. The molecular formula is C10H15N3O5. The van der Waals surface area contributed by atoms with Crippen LogP contribution in [0.15, 0.2) is 12.3 Å². The summed E-state index contributed by atoms with van der Waals surface area (Å²) in [5.74, 6) is -0.686. The van der Waals surface area contributed by atoms with Gasteiger partial charge in [-0.15, -0.1) is 0 Å². The van der Waals surface area contributed by atoms with E-state index in [-0.39, 0.29) is 11.6 Å². The van der Waals surface area contributed by atoms with Crippen molar-refractivity contribution in [1.82, 2.24) is 9.97 Å². The third-order valence-corrected chi connectivity index (χ3v) is 2.32. The summed E-state index contributed by atoms with van der Waals surface area (Å²) in [7, 11) is 1.20. The Morgan fingerprint density at radius 2 is 2.00 bits per heavy atom. The average Bonchev–Trinajstić information content (AvgIpc) is 2.44. The van der Waals surface area contributed by atoms with Gasteiger partial charge in [0.1, 0.15) is 11.4 Å². The summed E-state index contributed by atoms with van der Waals surface area (Å²) >= 11 is 0. The van der Waals surface area contributed by atoms with Gasteiger partial charge < -0.3 is 25.4 Å². The molecule has 0 saturated carbocycles. The number of aliphatic hydroxyl groups is 3. The highest BCUT2D eigenvalue weighted by molar-refractivity contribution is 5.85. The van der Waals surface area contributed by atoms with E-state index in [0.717, 1.165) is 0 Å². The number of aliphatic hydroxyl groups excluding tert-OH is 3. The molecule has 1 aromatic heterocycles. The summed E-state index contributed by atoms with van der Waals surface area (Å²) in [5.41, 5.74) is -1.32. The molecule has 0 aliphatic rings. The highest BCUT2D eigenvalue weighted by Gasteiger charge is 2.28. The summed E-state index contributed by atoms with van der Waals surface area (Å²) in [6, 6.07) is 1.43. The third-order valence-electron chi connectivity index (χ3n) is 2.32. The van der Waals surface area contributed by atoms with Gasteiger partial charge >= 0.3 is 5.97 Å².